The van der Waals surface area contributed by atoms with Crippen LogP contribution in [0, 0.1) is 0 Å². The van der Waals surface area contributed by atoms with Crippen LogP contribution in [0.4, 0.5) is 0 Å². The quantitative estimate of drug-likeness (QED) is 0.768. The van der Waals surface area contributed by atoms with Gasteiger partial charge in [0.2, 0.25) is 5.91 Å². The second-order valence-corrected chi connectivity index (χ2v) is 7.20. The first-order chi connectivity index (χ1) is 11.7. The number of nitrogens with two attached hydrogens (primary N) is 1. The molecule has 0 fully saturated rings. The number of H-pyrrole nitrogens is 1. The summed E-state index contributed by atoms with van der Waals surface area (Å²) in [4.78, 5) is 16.5. The van der Waals surface area contributed by atoms with Crippen LogP contribution in [0.1, 0.15) is 16.0 Å². The van der Waals surface area contributed by atoms with Crippen molar-refractivity contribution in [2.45, 2.75) is 25.6 Å². The van der Waals surface area contributed by atoms with E-state index in [4.69, 9.17) is 5.73 Å². The molecule has 1 aliphatic heterocycles. The zero-order chi connectivity index (χ0) is 16.5. The number of carbonyl (C=O) groups is 1. The molecule has 4 rings (SSSR count). The van der Waals surface area contributed by atoms with Crippen molar-refractivity contribution in [2.24, 2.45) is 5.73 Å². The van der Waals surface area contributed by atoms with Crippen LogP contribution in [-0.2, 0) is 24.3 Å². The lowest BCUT2D eigenvalue weighted by atomic mass is 9.93. The number of amides is 1. The predicted octanol–water partition coefficient (Wildman–Crippen LogP) is 2.55. The number of rotatable bonds is 4. The molecule has 2 aromatic heterocycles. The standard InChI is InChI=1S/C18H18N4OS/c19-18(23)16-9-12-3-1-2-4-13(12)10-22(16)11-14-5-6-17(24-14)15-7-8-20-21-15/h1-8,16H,9-11H2,(H2,19,23)(H,20,21)/t16-/m0/s1. The molecule has 1 aromatic carbocycles. The first-order valence-electron chi connectivity index (χ1n) is 7.89. The minimum absolute atomic E-state index is 0.252. The Balaban J connectivity index is 1.57. The highest BCUT2D eigenvalue weighted by molar-refractivity contribution is 7.15. The summed E-state index contributed by atoms with van der Waals surface area (Å²) in [7, 11) is 0. The number of nitrogens with zero attached hydrogens (tertiary/aromatic N) is 2. The molecule has 1 amide bonds. The minimum atomic E-state index is -0.255. The van der Waals surface area contributed by atoms with Gasteiger partial charge in [0.25, 0.3) is 0 Å². The molecule has 122 valence electrons. The van der Waals surface area contributed by atoms with Crippen LogP contribution >= 0.6 is 11.3 Å². The Bertz CT molecular complexity index is 856. The van der Waals surface area contributed by atoms with Crippen molar-refractivity contribution < 1.29 is 4.79 Å². The zero-order valence-electron chi connectivity index (χ0n) is 13.1. The van der Waals surface area contributed by atoms with Crippen molar-refractivity contribution in [1.29, 1.82) is 0 Å². The number of benzene rings is 1. The lowest BCUT2D eigenvalue weighted by molar-refractivity contribution is -0.124. The third-order valence-corrected chi connectivity index (χ3v) is 5.56. The van der Waals surface area contributed by atoms with Gasteiger partial charge in [-0.2, -0.15) is 5.10 Å². The van der Waals surface area contributed by atoms with E-state index in [-0.39, 0.29) is 11.9 Å². The van der Waals surface area contributed by atoms with Crippen LogP contribution in [0.25, 0.3) is 10.6 Å². The van der Waals surface area contributed by atoms with Gasteiger partial charge in [0, 0.05) is 24.2 Å². The fourth-order valence-corrected chi connectivity index (χ4v) is 4.23. The van der Waals surface area contributed by atoms with E-state index >= 15 is 0 Å². The highest BCUT2D eigenvalue weighted by Crippen LogP contribution is 2.30. The largest absolute Gasteiger partial charge is 0.368 e. The van der Waals surface area contributed by atoms with Gasteiger partial charge < -0.3 is 5.73 Å². The van der Waals surface area contributed by atoms with E-state index in [2.05, 4.69) is 39.4 Å². The summed E-state index contributed by atoms with van der Waals surface area (Å²) in [6.45, 7) is 1.47. The van der Waals surface area contributed by atoms with Gasteiger partial charge in [-0.05, 0) is 35.7 Å². The summed E-state index contributed by atoms with van der Waals surface area (Å²) in [5.74, 6) is -0.255. The molecule has 0 spiro atoms. The van der Waals surface area contributed by atoms with Crippen LogP contribution in [0.5, 0.6) is 0 Å². The first kappa shape index (κ1) is 15.1. The van der Waals surface area contributed by atoms with Crippen molar-refractivity contribution in [2.75, 3.05) is 0 Å². The lowest BCUT2D eigenvalue weighted by Gasteiger charge is -2.34. The normalized spacial score (nSPS) is 17.6. The summed E-state index contributed by atoms with van der Waals surface area (Å²) in [6.07, 6.45) is 2.43. The second-order valence-electron chi connectivity index (χ2n) is 6.03. The van der Waals surface area contributed by atoms with E-state index in [1.807, 2.05) is 18.2 Å². The smallest absolute Gasteiger partial charge is 0.235 e. The van der Waals surface area contributed by atoms with Crippen molar-refractivity contribution in [1.82, 2.24) is 15.1 Å². The fraction of sp³-hybridized carbons (Fsp3) is 0.222. The number of hydrogen-bond acceptors (Lipinski definition) is 4. The second kappa shape index (κ2) is 6.22. The fourth-order valence-electron chi connectivity index (χ4n) is 3.22. The third kappa shape index (κ3) is 2.86. The Labute approximate surface area is 144 Å². The zero-order valence-corrected chi connectivity index (χ0v) is 13.9. The van der Waals surface area contributed by atoms with Crippen LogP contribution < -0.4 is 5.73 Å². The van der Waals surface area contributed by atoms with Crippen LogP contribution in [0.3, 0.4) is 0 Å². The number of fused-ring (bicyclic) bond motifs is 1. The number of hydrogen-bond donors (Lipinski definition) is 2. The maximum Gasteiger partial charge on any atom is 0.235 e. The molecule has 3 heterocycles. The molecule has 0 radical (unpaired) electrons. The Morgan fingerprint density at radius 1 is 1.25 bits per heavy atom. The summed E-state index contributed by atoms with van der Waals surface area (Å²) in [5, 5.41) is 6.98. The number of carbonyl (C=O) groups excluding carboxylic acids is 1. The van der Waals surface area contributed by atoms with E-state index in [1.165, 1.54) is 16.0 Å². The number of primary amides is 1. The summed E-state index contributed by atoms with van der Waals surface area (Å²) in [5.41, 5.74) is 9.18. The molecular weight excluding hydrogens is 320 g/mol. The maximum absolute atomic E-state index is 11.9. The van der Waals surface area contributed by atoms with E-state index in [0.29, 0.717) is 6.42 Å². The molecule has 1 aliphatic rings. The minimum Gasteiger partial charge on any atom is -0.368 e. The highest BCUT2D eigenvalue weighted by Gasteiger charge is 2.30. The molecule has 6 heteroatoms. The average Bonchev–Trinajstić information content (AvgIpc) is 3.25. The molecule has 24 heavy (non-hydrogen) atoms. The summed E-state index contributed by atoms with van der Waals surface area (Å²) in [6, 6.07) is 14.2. The highest BCUT2D eigenvalue weighted by atomic mass is 32.1. The van der Waals surface area contributed by atoms with E-state index in [0.717, 1.165) is 23.7 Å². The van der Waals surface area contributed by atoms with Crippen molar-refractivity contribution in [3.05, 3.63) is 64.7 Å². The Morgan fingerprint density at radius 2 is 2.08 bits per heavy atom. The molecule has 0 saturated heterocycles. The monoisotopic (exact) mass is 338 g/mol. The van der Waals surface area contributed by atoms with Gasteiger partial charge in [-0.25, -0.2) is 0 Å². The van der Waals surface area contributed by atoms with Crippen LogP contribution in [-0.4, -0.2) is 27.0 Å². The van der Waals surface area contributed by atoms with E-state index < -0.39 is 0 Å². The van der Waals surface area contributed by atoms with Gasteiger partial charge in [0.15, 0.2) is 0 Å². The molecule has 3 aromatic rings. The topological polar surface area (TPSA) is 75.0 Å². The van der Waals surface area contributed by atoms with Gasteiger partial charge >= 0.3 is 0 Å². The maximum atomic E-state index is 11.9. The molecule has 0 aliphatic carbocycles. The number of aromatic nitrogens is 2. The van der Waals surface area contributed by atoms with Crippen molar-refractivity contribution >= 4 is 17.2 Å². The van der Waals surface area contributed by atoms with Gasteiger partial charge in [0.1, 0.15) is 0 Å². The lowest BCUT2D eigenvalue weighted by Crippen LogP contribution is -2.47. The molecule has 0 saturated carbocycles. The molecule has 0 bridgehead atoms. The molecule has 1 atom stereocenters. The van der Waals surface area contributed by atoms with E-state index in [1.54, 1.807) is 17.5 Å². The molecule has 3 N–H and O–H groups in total. The Kier molecular flexibility index (Phi) is 3.92. The van der Waals surface area contributed by atoms with Gasteiger partial charge in [0.05, 0.1) is 16.6 Å². The molecular formula is C18H18N4OS. The predicted molar refractivity (Wildman–Crippen MR) is 94.3 cm³/mol. The number of thiophene rings is 1. The van der Waals surface area contributed by atoms with Crippen LogP contribution in [0.15, 0.2) is 48.7 Å². The Hall–Kier alpha value is -2.44. The van der Waals surface area contributed by atoms with Crippen LogP contribution in [0.2, 0.25) is 0 Å². The summed E-state index contributed by atoms with van der Waals surface area (Å²) < 4.78 is 0. The van der Waals surface area contributed by atoms with Gasteiger partial charge in [-0.1, -0.05) is 24.3 Å². The summed E-state index contributed by atoms with van der Waals surface area (Å²) >= 11 is 1.71. The third-order valence-electron chi connectivity index (χ3n) is 4.46. The average molecular weight is 338 g/mol. The number of nitrogens with one attached hydrogen (secondary N) is 1. The first-order valence-corrected chi connectivity index (χ1v) is 8.71. The van der Waals surface area contributed by atoms with Gasteiger partial charge in [-0.3, -0.25) is 14.8 Å². The molecule has 0 unspecified atom stereocenters. The van der Waals surface area contributed by atoms with Crippen molar-refractivity contribution in [3.8, 4) is 10.6 Å². The number of aromatic amines is 1. The van der Waals surface area contributed by atoms with Gasteiger partial charge in [-0.15, -0.1) is 11.3 Å². The SMILES string of the molecule is NC(=O)[C@@H]1Cc2ccccc2CN1Cc1ccc(-c2ccn[nH]2)s1. The van der Waals surface area contributed by atoms with E-state index in [9.17, 15) is 4.79 Å². The molecule has 5 nitrogen and oxygen atoms in total. The van der Waals surface area contributed by atoms with Crippen molar-refractivity contribution in [3.63, 3.8) is 0 Å². The Morgan fingerprint density at radius 3 is 2.83 bits per heavy atom.